The van der Waals surface area contributed by atoms with Gasteiger partial charge in [-0.3, -0.25) is 4.90 Å². The van der Waals surface area contributed by atoms with Gasteiger partial charge in [0, 0.05) is 10.7 Å². The van der Waals surface area contributed by atoms with Crippen molar-refractivity contribution < 1.29 is 4.79 Å². The zero-order valence-electron chi connectivity index (χ0n) is 11.1. The van der Waals surface area contributed by atoms with Gasteiger partial charge in [-0.15, -0.1) is 0 Å². The van der Waals surface area contributed by atoms with Crippen molar-refractivity contribution in [3.63, 3.8) is 0 Å². The van der Waals surface area contributed by atoms with Crippen molar-refractivity contribution in [2.75, 3.05) is 4.90 Å². The van der Waals surface area contributed by atoms with Gasteiger partial charge in [-0.1, -0.05) is 11.6 Å². The van der Waals surface area contributed by atoms with Crippen LogP contribution in [0, 0.1) is 0 Å². The Balaban J connectivity index is 2.04. The molecular formula is C13H13ClN4O2. The lowest BCUT2D eigenvalue weighted by atomic mass is 10.3. The Morgan fingerprint density at radius 3 is 2.45 bits per heavy atom. The average Bonchev–Trinajstić information content (AvgIpc) is 2.87. The first-order valence-electron chi connectivity index (χ1n) is 6.27. The van der Waals surface area contributed by atoms with Crippen molar-refractivity contribution >= 4 is 23.3 Å². The van der Waals surface area contributed by atoms with E-state index < -0.39 is 0 Å². The maximum atomic E-state index is 12.5. The van der Waals surface area contributed by atoms with Crippen LogP contribution in [0.1, 0.15) is 25.7 Å². The molecule has 3 rings (SSSR count). The first-order chi connectivity index (χ1) is 9.49. The third-order valence-electron chi connectivity index (χ3n) is 3.22. The molecule has 0 spiro atoms. The van der Waals surface area contributed by atoms with E-state index in [1.165, 1.54) is 9.36 Å². The van der Waals surface area contributed by atoms with E-state index in [9.17, 15) is 9.59 Å². The monoisotopic (exact) mass is 292 g/mol. The van der Waals surface area contributed by atoms with Crippen molar-refractivity contribution in [2.45, 2.75) is 26.4 Å². The molecule has 0 N–H and O–H groups in total. The second kappa shape index (κ2) is 4.49. The van der Waals surface area contributed by atoms with E-state index in [1.807, 2.05) is 13.8 Å². The molecule has 20 heavy (non-hydrogen) atoms. The van der Waals surface area contributed by atoms with Crippen LogP contribution in [-0.4, -0.2) is 20.4 Å². The van der Waals surface area contributed by atoms with Crippen LogP contribution in [0.3, 0.4) is 0 Å². The van der Waals surface area contributed by atoms with Crippen LogP contribution in [0.4, 0.5) is 10.5 Å². The fraction of sp³-hybridized carbons (Fsp3) is 0.308. The number of aromatic nitrogens is 3. The van der Waals surface area contributed by atoms with Gasteiger partial charge in [0.1, 0.15) is 0 Å². The Labute approximate surface area is 120 Å². The third kappa shape index (κ3) is 1.84. The van der Waals surface area contributed by atoms with Crippen molar-refractivity contribution in [1.82, 2.24) is 14.3 Å². The van der Waals surface area contributed by atoms with Gasteiger partial charge in [-0.25, -0.2) is 14.3 Å². The molecule has 0 bridgehead atoms. The van der Waals surface area contributed by atoms with E-state index >= 15 is 0 Å². The second-order valence-electron chi connectivity index (χ2n) is 4.91. The van der Waals surface area contributed by atoms with Crippen LogP contribution in [0.25, 0.3) is 0 Å². The van der Waals surface area contributed by atoms with Gasteiger partial charge in [0.05, 0.1) is 12.6 Å². The van der Waals surface area contributed by atoms with Crippen molar-refractivity contribution in [2.24, 2.45) is 0 Å². The number of halogens is 1. The van der Waals surface area contributed by atoms with Crippen LogP contribution in [0.2, 0.25) is 5.02 Å². The van der Waals surface area contributed by atoms with Gasteiger partial charge in [0.2, 0.25) is 0 Å². The summed E-state index contributed by atoms with van der Waals surface area (Å²) in [5, 5.41) is 0.609. The van der Waals surface area contributed by atoms with E-state index in [4.69, 9.17) is 11.6 Å². The molecule has 1 amide bonds. The Morgan fingerprint density at radius 2 is 1.85 bits per heavy atom. The Morgan fingerprint density at radius 1 is 1.20 bits per heavy atom. The molecule has 0 saturated carbocycles. The molecule has 0 aliphatic carbocycles. The summed E-state index contributed by atoms with van der Waals surface area (Å²) < 4.78 is 2.72. The van der Waals surface area contributed by atoms with Crippen molar-refractivity contribution in [3.8, 4) is 0 Å². The summed E-state index contributed by atoms with van der Waals surface area (Å²) in [7, 11) is 0. The van der Waals surface area contributed by atoms with Crippen LogP contribution in [0.5, 0.6) is 0 Å². The third-order valence-corrected chi connectivity index (χ3v) is 3.47. The van der Waals surface area contributed by atoms with Gasteiger partial charge < -0.3 is 0 Å². The summed E-state index contributed by atoms with van der Waals surface area (Å²) in [5.74, 6) is 0.462. The minimum Gasteiger partial charge on any atom is -0.285 e. The highest BCUT2D eigenvalue weighted by Gasteiger charge is 2.33. The van der Waals surface area contributed by atoms with Gasteiger partial charge in [-0.2, -0.15) is 9.67 Å². The summed E-state index contributed by atoms with van der Waals surface area (Å²) in [4.78, 5) is 29.8. The lowest BCUT2D eigenvalue weighted by Gasteiger charge is -2.16. The molecule has 2 heterocycles. The molecule has 104 valence electrons. The number of carbonyl (C=O) groups excluding carboxylic acids is 1. The lowest BCUT2D eigenvalue weighted by Crippen LogP contribution is -2.34. The molecule has 1 aliphatic rings. The number of hydrogen-bond donors (Lipinski definition) is 0. The number of rotatable bonds is 2. The summed E-state index contributed by atoms with van der Waals surface area (Å²) in [6.45, 7) is 3.97. The molecule has 0 saturated heterocycles. The fourth-order valence-electron chi connectivity index (χ4n) is 2.32. The van der Waals surface area contributed by atoms with E-state index in [0.29, 0.717) is 10.8 Å². The predicted molar refractivity (Wildman–Crippen MR) is 75.3 cm³/mol. The number of nitrogens with zero attached hydrogens (tertiary/aromatic N) is 4. The summed E-state index contributed by atoms with van der Waals surface area (Å²) in [6.07, 6.45) is 0. The van der Waals surface area contributed by atoms with E-state index in [1.54, 1.807) is 29.2 Å². The molecule has 1 aliphatic heterocycles. The quantitative estimate of drug-likeness (QED) is 0.853. The number of benzene rings is 1. The zero-order chi connectivity index (χ0) is 14.4. The van der Waals surface area contributed by atoms with Crippen molar-refractivity contribution in [3.05, 3.63) is 45.6 Å². The maximum absolute atomic E-state index is 12.5. The average molecular weight is 293 g/mol. The molecule has 0 atom stereocenters. The molecular weight excluding hydrogens is 280 g/mol. The van der Waals surface area contributed by atoms with Gasteiger partial charge >= 0.3 is 11.7 Å². The number of carbonyl (C=O) groups is 1. The number of hydrogen-bond acceptors (Lipinski definition) is 3. The summed E-state index contributed by atoms with van der Waals surface area (Å²) >= 11 is 5.84. The largest absolute Gasteiger partial charge is 0.364 e. The predicted octanol–water partition coefficient (Wildman–Crippen LogP) is 2.27. The minimum absolute atomic E-state index is 0.127. The van der Waals surface area contributed by atoms with Gasteiger partial charge in [-0.05, 0) is 38.1 Å². The van der Waals surface area contributed by atoms with Crippen LogP contribution in [-0.2, 0) is 6.54 Å². The highest BCUT2D eigenvalue weighted by Crippen LogP contribution is 2.24. The molecule has 0 fully saturated rings. The van der Waals surface area contributed by atoms with Gasteiger partial charge in [0.15, 0.2) is 5.82 Å². The highest BCUT2D eigenvalue weighted by molar-refractivity contribution is 6.30. The first kappa shape index (κ1) is 12.9. The highest BCUT2D eigenvalue weighted by atomic mass is 35.5. The number of anilines is 1. The molecule has 0 unspecified atom stereocenters. The van der Waals surface area contributed by atoms with Crippen LogP contribution in [0.15, 0.2) is 29.1 Å². The topological polar surface area (TPSA) is 60.1 Å². The Kier molecular flexibility index (Phi) is 2.90. The molecule has 1 aromatic heterocycles. The SMILES string of the molecule is CC(C)n1c(=O)nc2n1C(=O)N(c1ccc(Cl)cc1)C2. The van der Waals surface area contributed by atoms with E-state index in [-0.39, 0.29) is 24.3 Å². The molecule has 1 aromatic carbocycles. The summed E-state index contributed by atoms with van der Waals surface area (Å²) in [6, 6.07) is 6.58. The fourth-order valence-corrected chi connectivity index (χ4v) is 2.45. The Hall–Kier alpha value is -2.08. The molecule has 2 aromatic rings. The number of amides is 1. The smallest absolute Gasteiger partial charge is 0.285 e. The van der Waals surface area contributed by atoms with E-state index in [2.05, 4.69) is 4.98 Å². The Bertz CT molecular complexity index is 730. The number of fused-ring (bicyclic) bond motifs is 1. The van der Waals surface area contributed by atoms with Crippen LogP contribution < -0.4 is 10.6 Å². The normalized spacial score (nSPS) is 14.2. The maximum Gasteiger partial charge on any atom is 0.364 e. The van der Waals surface area contributed by atoms with E-state index in [0.717, 1.165) is 5.69 Å². The second-order valence-corrected chi connectivity index (χ2v) is 5.34. The lowest BCUT2D eigenvalue weighted by molar-refractivity contribution is 0.242. The van der Waals surface area contributed by atoms with Gasteiger partial charge in [0.25, 0.3) is 0 Å². The van der Waals surface area contributed by atoms with Crippen LogP contribution >= 0.6 is 11.6 Å². The molecule has 7 heteroatoms. The molecule has 0 radical (unpaired) electrons. The minimum atomic E-state index is -0.390. The van der Waals surface area contributed by atoms with Crippen molar-refractivity contribution in [1.29, 1.82) is 0 Å². The first-order valence-corrected chi connectivity index (χ1v) is 6.64. The zero-order valence-corrected chi connectivity index (χ0v) is 11.8. The standard InChI is InChI=1S/C13H13ClN4O2/c1-8(2)17-12(19)15-11-7-16(13(20)18(11)17)10-5-3-9(14)4-6-10/h3-6,8H,7H2,1-2H3. The molecule has 6 nitrogen and oxygen atoms in total. The summed E-state index contributed by atoms with van der Waals surface area (Å²) in [5.41, 5.74) is 0.340.